The summed E-state index contributed by atoms with van der Waals surface area (Å²) in [5.41, 5.74) is 4.01. The summed E-state index contributed by atoms with van der Waals surface area (Å²) < 4.78 is 13.4. The third-order valence-corrected chi connectivity index (χ3v) is 2.37. The van der Waals surface area contributed by atoms with Gasteiger partial charge in [-0.05, 0) is 19.9 Å². The van der Waals surface area contributed by atoms with E-state index in [1.165, 1.54) is 0 Å². The van der Waals surface area contributed by atoms with E-state index in [0.29, 0.717) is 0 Å². The van der Waals surface area contributed by atoms with E-state index in [9.17, 15) is 19.3 Å². The van der Waals surface area contributed by atoms with Crippen molar-refractivity contribution in [1.29, 1.82) is 0 Å². The number of benzene rings is 1. The fraction of sp³-hybridized carbons (Fsp3) is 0.364. The van der Waals surface area contributed by atoms with Gasteiger partial charge in [0, 0.05) is 24.2 Å². The lowest BCUT2D eigenvalue weighted by Crippen LogP contribution is -2.49. The van der Waals surface area contributed by atoms with Crippen LogP contribution in [0.4, 0.5) is 10.1 Å². The molecule has 1 rings (SSSR count). The Morgan fingerprint density at radius 3 is 2.67 bits per heavy atom. The highest BCUT2D eigenvalue weighted by Gasteiger charge is 2.23. The van der Waals surface area contributed by atoms with E-state index in [1.54, 1.807) is 13.8 Å². The molecule has 0 aliphatic rings. The molecule has 0 atom stereocenters. The van der Waals surface area contributed by atoms with Crippen LogP contribution in [0.3, 0.4) is 0 Å². The van der Waals surface area contributed by atoms with E-state index in [4.69, 9.17) is 5.73 Å². The summed E-state index contributed by atoms with van der Waals surface area (Å²) in [6.07, 6.45) is 0. The second kappa shape index (κ2) is 5.09. The quantitative estimate of drug-likeness (QED) is 0.623. The Labute approximate surface area is 103 Å². The summed E-state index contributed by atoms with van der Waals surface area (Å²) in [6.45, 7) is 3.50. The molecule has 0 saturated carbocycles. The molecule has 1 aromatic rings. The molecule has 98 valence electrons. The molecule has 6 nitrogen and oxygen atoms in total. The van der Waals surface area contributed by atoms with Gasteiger partial charge in [0.1, 0.15) is 5.82 Å². The van der Waals surface area contributed by atoms with Gasteiger partial charge in [-0.25, -0.2) is 4.39 Å². The number of nitro benzene ring substituents is 1. The Morgan fingerprint density at radius 2 is 2.17 bits per heavy atom. The number of nitrogens with one attached hydrogen (secondary N) is 1. The van der Waals surface area contributed by atoms with Gasteiger partial charge in [0.05, 0.1) is 10.5 Å². The molecule has 0 aliphatic carbocycles. The monoisotopic (exact) mass is 255 g/mol. The van der Waals surface area contributed by atoms with Gasteiger partial charge in [-0.2, -0.15) is 0 Å². The van der Waals surface area contributed by atoms with Crippen molar-refractivity contribution in [3.63, 3.8) is 0 Å². The molecule has 0 bridgehead atoms. The van der Waals surface area contributed by atoms with Crippen molar-refractivity contribution in [2.75, 3.05) is 6.54 Å². The molecule has 1 aromatic carbocycles. The fourth-order valence-electron chi connectivity index (χ4n) is 1.23. The molecule has 0 unspecified atom stereocenters. The maximum Gasteiger partial charge on any atom is 0.270 e. The number of nitrogens with two attached hydrogens (primary N) is 1. The number of non-ortho nitro benzene ring substituents is 1. The number of halogens is 1. The highest BCUT2D eigenvalue weighted by atomic mass is 19.1. The lowest BCUT2D eigenvalue weighted by molar-refractivity contribution is -0.384. The van der Waals surface area contributed by atoms with Gasteiger partial charge in [0.2, 0.25) is 0 Å². The van der Waals surface area contributed by atoms with Gasteiger partial charge in [-0.3, -0.25) is 14.9 Å². The minimum Gasteiger partial charge on any atom is -0.346 e. The van der Waals surface area contributed by atoms with Crippen LogP contribution >= 0.6 is 0 Å². The highest BCUT2D eigenvalue weighted by Crippen LogP contribution is 2.17. The number of carbonyl (C=O) groups excluding carboxylic acids is 1. The van der Waals surface area contributed by atoms with Crippen LogP contribution in [0.5, 0.6) is 0 Å². The smallest absolute Gasteiger partial charge is 0.270 e. The standard InChI is InChI=1S/C11H14FN3O3/c1-11(2,6-13)14-10(16)8-5-7(15(17)18)3-4-9(8)12/h3-5H,6,13H2,1-2H3,(H,14,16). The van der Waals surface area contributed by atoms with Gasteiger partial charge in [-0.1, -0.05) is 0 Å². The molecule has 1 amide bonds. The summed E-state index contributed by atoms with van der Waals surface area (Å²) in [4.78, 5) is 21.7. The summed E-state index contributed by atoms with van der Waals surface area (Å²) in [7, 11) is 0. The number of carbonyl (C=O) groups is 1. The first-order valence-corrected chi connectivity index (χ1v) is 5.23. The van der Waals surface area contributed by atoms with E-state index in [0.717, 1.165) is 18.2 Å². The number of hydrogen-bond donors (Lipinski definition) is 2. The summed E-state index contributed by atoms with van der Waals surface area (Å²) in [5.74, 6) is -1.54. The second-order valence-corrected chi connectivity index (χ2v) is 4.46. The third kappa shape index (κ3) is 3.24. The predicted octanol–water partition coefficient (Wildman–Crippen LogP) is 1.20. The summed E-state index contributed by atoms with van der Waals surface area (Å²) in [6, 6.07) is 2.79. The topological polar surface area (TPSA) is 98.3 Å². The van der Waals surface area contributed by atoms with E-state index >= 15 is 0 Å². The lowest BCUT2D eigenvalue weighted by Gasteiger charge is -2.24. The Balaban J connectivity index is 3.05. The van der Waals surface area contributed by atoms with E-state index in [-0.39, 0.29) is 17.8 Å². The predicted molar refractivity (Wildman–Crippen MR) is 63.7 cm³/mol. The zero-order valence-electron chi connectivity index (χ0n) is 10.1. The maximum atomic E-state index is 13.4. The molecule has 18 heavy (non-hydrogen) atoms. The van der Waals surface area contributed by atoms with Crippen LogP contribution in [0.15, 0.2) is 18.2 Å². The molecule has 0 fully saturated rings. The third-order valence-electron chi connectivity index (χ3n) is 2.37. The molecule has 0 aliphatic heterocycles. The average molecular weight is 255 g/mol. The van der Waals surface area contributed by atoms with Crippen LogP contribution in [0.2, 0.25) is 0 Å². The number of hydrogen-bond acceptors (Lipinski definition) is 4. The largest absolute Gasteiger partial charge is 0.346 e. The zero-order valence-corrected chi connectivity index (χ0v) is 10.1. The van der Waals surface area contributed by atoms with Crippen LogP contribution in [-0.4, -0.2) is 22.9 Å². The molecule has 0 radical (unpaired) electrons. The van der Waals surface area contributed by atoms with Crippen molar-refractivity contribution in [3.8, 4) is 0 Å². The van der Waals surface area contributed by atoms with Gasteiger partial charge < -0.3 is 11.1 Å². The molecule has 3 N–H and O–H groups in total. The molecule has 0 spiro atoms. The highest BCUT2D eigenvalue weighted by molar-refractivity contribution is 5.95. The Morgan fingerprint density at radius 1 is 1.56 bits per heavy atom. The number of rotatable bonds is 4. The van der Waals surface area contributed by atoms with Crippen molar-refractivity contribution in [2.24, 2.45) is 5.73 Å². The van der Waals surface area contributed by atoms with Crippen LogP contribution in [0.25, 0.3) is 0 Å². The van der Waals surface area contributed by atoms with Crippen LogP contribution in [0, 0.1) is 15.9 Å². The van der Waals surface area contributed by atoms with E-state index in [2.05, 4.69) is 5.32 Å². The molecular formula is C11H14FN3O3. The van der Waals surface area contributed by atoms with Crippen LogP contribution in [-0.2, 0) is 0 Å². The number of nitrogens with zero attached hydrogens (tertiary/aromatic N) is 1. The second-order valence-electron chi connectivity index (χ2n) is 4.46. The van der Waals surface area contributed by atoms with Crippen molar-refractivity contribution < 1.29 is 14.1 Å². The SMILES string of the molecule is CC(C)(CN)NC(=O)c1cc([N+](=O)[O-])ccc1F. The Hall–Kier alpha value is -2.02. The van der Waals surface area contributed by atoms with Crippen LogP contribution < -0.4 is 11.1 Å². The first kappa shape index (κ1) is 14.0. The van der Waals surface area contributed by atoms with Crippen molar-refractivity contribution in [3.05, 3.63) is 39.7 Å². The van der Waals surface area contributed by atoms with Gasteiger partial charge >= 0.3 is 0 Å². The Bertz CT molecular complexity index is 488. The Kier molecular flexibility index (Phi) is 3.97. The fourth-order valence-corrected chi connectivity index (χ4v) is 1.23. The molecule has 7 heteroatoms. The zero-order chi connectivity index (χ0) is 13.9. The molecule has 0 aromatic heterocycles. The molecule has 0 saturated heterocycles. The van der Waals surface area contributed by atoms with Crippen molar-refractivity contribution >= 4 is 11.6 Å². The van der Waals surface area contributed by atoms with Crippen LogP contribution in [0.1, 0.15) is 24.2 Å². The van der Waals surface area contributed by atoms with Crippen molar-refractivity contribution in [1.82, 2.24) is 5.32 Å². The van der Waals surface area contributed by atoms with Gasteiger partial charge in [-0.15, -0.1) is 0 Å². The van der Waals surface area contributed by atoms with E-state index < -0.39 is 22.2 Å². The summed E-state index contributed by atoms with van der Waals surface area (Å²) >= 11 is 0. The van der Waals surface area contributed by atoms with E-state index in [1.807, 2.05) is 0 Å². The lowest BCUT2D eigenvalue weighted by atomic mass is 10.0. The van der Waals surface area contributed by atoms with Gasteiger partial charge in [0.25, 0.3) is 11.6 Å². The van der Waals surface area contributed by atoms with Gasteiger partial charge in [0.15, 0.2) is 0 Å². The average Bonchev–Trinajstić information content (AvgIpc) is 2.28. The summed E-state index contributed by atoms with van der Waals surface area (Å²) in [5, 5.41) is 13.1. The minimum absolute atomic E-state index is 0.162. The number of nitro groups is 1. The first-order valence-electron chi connectivity index (χ1n) is 5.23. The number of amides is 1. The normalized spacial score (nSPS) is 11.1. The van der Waals surface area contributed by atoms with Crippen molar-refractivity contribution in [2.45, 2.75) is 19.4 Å². The molecular weight excluding hydrogens is 241 g/mol. The minimum atomic E-state index is -0.814. The molecule has 0 heterocycles. The maximum absolute atomic E-state index is 13.4. The first-order chi connectivity index (χ1) is 8.26.